The van der Waals surface area contributed by atoms with E-state index in [0.29, 0.717) is 11.4 Å². The molecule has 10 heteroatoms. The van der Waals surface area contributed by atoms with Gasteiger partial charge < -0.3 is 14.6 Å². The van der Waals surface area contributed by atoms with Gasteiger partial charge in [0, 0.05) is 11.8 Å². The van der Waals surface area contributed by atoms with E-state index >= 15 is 0 Å². The van der Waals surface area contributed by atoms with E-state index in [1.807, 2.05) is 0 Å². The van der Waals surface area contributed by atoms with E-state index in [9.17, 15) is 18.0 Å². The zero-order valence-electron chi connectivity index (χ0n) is 12.0. The second kappa shape index (κ2) is 6.58. The van der Waals surface area contributed by atoms with Gasteiger partial charge >= 0.3 is 5.97 Å². The molecule has 9 nitrogen and oxygen atoms in total. The predicted molar refractivity (Wildman–Crippen MR) is 78.0 cm³/mol. The molecule has 122 valence electrons. The standard InChI is InChI=1S/C13H13N3O6S/c1-8-6-11(16-22-8)13(18)21-7-12(17)15-9-2-4-10(5-3-9)23(14,19)20/h2-6H,7H2,1H3,(H,15,17)(H2,14,19,20). The van der Waals surface area contributed by atoms with Crippen LogP contribution in [0.1, 0.15) is 16.2 Å². The van der Waals surface area contributed by atoms with Gasteiger partial charge in [0.05, 0.1) is 4.90 Å². The summed E-state index contributed by atoms with van der Waals surface area (Å²) < 4.78 is 31.7. The third-order valence-corrected chi connectivity index (χ3v) is 3.57. The van der Waals surface area contributed by atoms with Crippen molar-refractivity contribution in [2.45, 2.75) is 11.8 Å². The molecule has 0 saturated carbocycles. The van der Waals surface area contributed by atoms with Gasteiger partial charge in [0.15, 0.2) is 12.3 Å². The number of nitrogens with two attached hydrogens (primary N) is 1. The smallest absolute Gasteiger partial charge is 0.361 e. The fourth-order valence-electron chi connectivity index (χ4n) is 1.59. The number of esters is 1. The number of nitrogens with zero attached hydrogens (tertiary/aromatic N) is 1. The molecule has 3 N–H and O–H groups in total. The molecule has 2 aromatic rings. The molecule has 0 spiro atoms. The fraction of sp³-hybridized carbons (Fsp3) is 0.154. The van der Waals surface area contributed by atoms with Crippen molar-refractivity contribution in [3.8, 4) is 0 Å². The predicted octanol–water partition coefficient (Wildman–Crippen LogP) is 0.426. The number of aryl methyl sites for hydroxylation is 1. The molecule has 1 aromatic heterocycles. The number of nitrogens with one attached hydrogen (secondary N) is 1. The van der Waals surface area contributed by atoms with Crippen LogP contribution in [0.5, 0.6) is 0 Å². The van der Waals surface area contributed by atoms with Gasteiger partial charge in [-0.15, -0.1) is 0 Å². The summed E-state index contributed by atoms with van der Waals surface area (Å²) in [6.45, 7) is 1.09. The molecular weight excluding hydrogens is 326 g/mol. The second-order valence-corrected chi connectivity index (χ2v) is 6.08. The fourth-order valence-corrected chi connectivity index (χ4v) is 2.11. The average molecular weight is 339 g/mol. The Morgan fingerprint density at radius 1 is 1.30 bits per heavy atom. The van der Waals surface area contributed by atoms with E-state index in [1.54, 1.807) is 6.92 Å². The molecule has 0 aliphatic rings. The number of hydrogen-bond acceptors (Lipinski definition) is 7. The topological polar surface area (TPSA) is 142 Å². The van der Waals surface area contributed by atoms with Crippen LogP contribution in [-0.4, -0.2) is 32.1 Å². The van der Waals surface area contributed by atoms with Crippen molar-refractivity contribution in [2.24, 2.45) is 5.14 Å². The number of aromatic nitrogens is 1. The molecule has 0 bridgehead atoms. The highest BCUT2D eigenvalue weighted by atomic mass is 32.2. The molecule has 0 unspecified atom stereocenters. The Labute approximate surface area is 131 Å². The van der Waals surface area contributed by atoms with Crippen LogP contribution in [0.3, 0.4) is 0 Å². The second-order valence-electron chi connectivity index (χ2n) is 4.52. The zero-order chi connectivity index (χ0) is 17.0. The monoisotopic (exact) mass is 339 g/mol. The minimum absolute atomic E-state index is 0.0344. The van der Waals surface area contributed by atoms with E-state index < -0.39 is 28.5 Å². The highest BCUT2D eigenvalue weighted by molar-refractivity contribution is 7.89. The van der Waals surface area contributed by atoms with Crippen molar-refractivity contribution in [3.63, 3.8) is 0 Å². The van der Waals surface area contributed by atoms with Crippen molar-refractivity contribution >= 4 is 27.6 Å². The van der Waals surface area contributed by atoms with Gasteiger partial charge in [0.25, 0.3) is 5.91 Å². The summed E-state index contributed by atoms with van der Waals surface area (Å²) in [5.41, 5.74) is 0.295. The van der Waals surface area contributed by atoms with Crippen LogP contribution in [-0.2, 0) is 19.6 Å². The quantitative estimate of drug-likeness (QED) is 0.752. The summed E-state index contributed by atoms with van der Waals surface area (Å²) in [4.78, 5) is 23.1. The number of amides is 1. The minimum Gasteiger partial charge on any atom is -0.451 e. The summed E-state index contributed by atoms with van der Waals surface area (Å²) in [6.07, 6.45) is 0. The van der Waals surface area contributed by atoms with Gasteiger partial charge in [-0.2, -0.15) is 0 Å². The molecule has 0 saturated heterocycles. The van der Waals surface area contributed by atoms with E-state index in [1.165, 1.54) is 30.3 Å². The molecule has 2 rings (SSSR count). The van der Waals surface area contributed by atoms with Crippen LogP contribution >= 0.6 is 0 Å². The van der Waals surface area contributed by atoms with Crippen LogP contribution in [0, 0.1) is 6.92 Å². The number of carbonyl (C=O) groups is 2. The highest BCUT2D eigenvalue weighted by Gasteiger charge is 2.14. The van der Waals surface area contributed by atoms with E-state index in [0.717, 1.165) is 0 Å². The maximum atomic E-state index is 11.7. The molecule has 1 heterocycles. The molecule has 1 amide bonds. The number of ether oxygens (including phenoxy) is 1. The average Bonchev–Trinajstić information content (AvgIpc) is 2.91. The van der Waals surface area contributed by atoms with E-state index in [-0.39, 0.29) is 10.6 Å². The number of benzene rings is 1. The normalized spacial score (nSPS) is 11.0. The molecule has 0 fully saturated rings. The summed E-state index contributed by atoms with van der Waals surface area (Å²) in [7, 11) is -3.80. The van der Waals surface area contributed by atoms with Crippen molar-refractivity contribution in [2.75, 3.05) is 11.9 Å². The summed E-state index contributed by atoms with van der Waals surface area (Å²) in [6, 6.07) is 6.59. The van der Waals surface area contributed by atoms with Crippen LogP contribution in [0.25, 0.3) is 0 Å². The van der Waals surface area contributed by atoms with Gasteiger partial charge in [-0.25, -0.2) is 18.4 Å². The Balaban J connectivity index is 1.88. The first-order valence-corrected chi connectivity index (χ1v) is 7.83. The number of rotatable bonds is 5. The van der Waals surface area contributed by atoms with E-state index in [4.69, 9.17) is 14.4 Å². The molecule has 23 heavy (non-hydrogen) atoms. The third kappa shape index (κ3) is 4.63. The lowest BCUT2D eigenvalue weighted by atomic mass is 10.3. The number of carbonyl (C=O) groups excluding carboxylic acids is 2. The number of anilines is 1. The summed E-state index contributed by atoms with van der Waals surface area (Å²) in [5.74, 6) is -0.945. The SMILES string of the molecule is Cc1cc(C(=O)OCC(=O)Nc2ccc(S(N)(=O)=O)cc2)no1. The van der Waals surface area contributed by atoms with Gasteiger partial charge in [0.2, 0.25) is 10.0 Å². The summed E-state index contributed by atoms with van der Waals surface area (Å²) >= 11 is 0. The molecule has 0 atom stereocenters. The van der Waals surface area contributed by atoms with Gasteiger partial charge in [-0.3, -0.25) is 4.79 Å². The molecule has 0 aliphatic heterocycles. The summed E-state index contributed by atoms with van der Waals surface area (Å²) in [5, 5.41) is 10.9. The lowest BCUT2D eigenvalue weighted by molar-refractivity contribution is -0.119. The number of hydrogen-bond donors (Lipinski definition) is 2. The van der Waals surface area contributed by atoms with Gasteiger partial charge in [-0.05, 0) is 31.2 Å². The first-order valence-electron chi connectivity index (χ1n) is 6.29. The minimum atomic E-state index is -3.80. The number of sulfonamides is 1. The zero-order valence-corrected chi connectivity index (χ0v) is 12.8. The van der Waals surface area contributed by atoms with Crippen LogP contribution in [0.4, 0.5) is 5.69 Å². The largest absolute Gasteiger partial charge is 0.451 e. The lowest BCUT2D eigenvalue weighted by Gasteiger charge is -2.06. The maximum Gasteiger partial charge on any atom is 0.361 e. The molecular formula is C13H13N3O6S. The number of primary sulfonamides is 1. The first kappa shape index (κ1) is 16.6. The molecule has 0 radical (unpaired) electrons. The van der Waals surface area contributed by atoms with Crippen molar-refractivity contribution < 1.29 is 27.3 Å². The Hall–Kier alpha value is -2.72. The van der Waals surface area contributed by atoms with Crippen LogP contribution in [0.15, 0.2) is 39.8 Å². The van der Waals surface area contributed by atoms with Crippen LogP contribution in [0.2, 0.25) is 0 Å². The van der Waals surface area contributed by atoms with Gasteiger partial charge in [-0.1, -0.05) is 5.16 Å². The lowest BCUT2D eigenvalue weighted by Crippen LogP contribution is -2.21. The third-order valence-electron chi connectivity index (χ3n) is 2.64. The Morgan fingerprint density at radius 2 is 1.96 bits per heavy atom. The molecule has 0 aliphatic carbocycles. The Kier molecular flexibility index (Phi) is 4.77. The highest BCUT2D eigenvalue weighted by Crippen LogP contribution is 2.12. The van der Waals surface area contributed by atoms with Crippen molar-refractivity contribution in [3.05, 3.63) is 41.8 Å². The van der Waals surface area contributed by atoms with E-state index in [2.05, 4.69) is 10.5 Å². The Morgan fingerprint density at radius 3 is 2.48 bits per heavy atom. The maximum absolute atomic E-state index is 11.7. The first-order chi connectivity index (χ1) is 10.8. The van der Waals surface area contributed by atoms with Crippen molar-refractivity contribution in [1.29, 1.82) is 0 Å². The van der Waals surface area contributed by atoms with Gasteiger partial charge in [0.1, 0.15) is 5.76 Å². The molecule has 1 aromatic carbocycles. The Bertz CT molecular complexity index is 826. The van der Waals surface area contributed by atoms with Crippen molar-refractivity contribution in [1.82, 2.24) is 5.16 Å². The van der Waals surface area contributed by atoms with Crippen LogP contribution < -0.4 is 10.5 Å².